The predicted octanol–water partition coefficient (Wildman–Crippen LogP) is -1.12. The summed E-state index contributed by atoms with van der Waals surface area (Å²) >= 11 is 0. The molecule has 1 aliphatic rings. The molecule has 8 heavy (non-hydrogen) atoms. The number of ketones is 1. The van der Waals surface area contributed by atoms with Crippen LogP contribution in [-0.4, -0.2) is 24.9 Å². The van der Waals surface area contributed by atoms with Gasteiger partial charge in [0.25, 0.3) is 0 Å². The van der Waals surface area contributed by atoms with Gasteiger partial charge in [0.05, 0.1) is 6.54 Å². The minimum atomic E-state index is 0.252. The maximum absolute atomic E-state index is 10.5. The highest BCUT2D eigenvalue weighted by Gasteiger charge is 2.18. The summed E-state index contributed by atoms with van der Waals surface area (Å²) in [4.78, 5) is 10.5. The number of carbonyl (C=O) groups excluding carboxylic acids is 1. The molecule has 1 fully saturated rings. The largest absolute Gasteiger partial charge is 0.329 e. The Hall–Kier alpha value is -0.410. The Morgan fingerprint density at radius 1 is 1.88 bits per heavy atom. The first-order chi connectivity index (χ1) is 3.83. The monoisotopic (exact) mass is 114 g/mol. The van der Waals surface area contributed by atoms with E-state index in [1.54, 1.807) is 0 Å². The molecule has 0 amide bonds. The lowest BCUT2D eigenvalue weighted by atomic mass is 10.2. The van der Waals surface area contributed by atoms with Gasteiger partial charge in [-0.25, -0.2) is 0 Å². The maximum atomic E-state index is 10.5. The topological polar surface area (TPSA) is 55.1 Å². The molecule has 3 N–H and O–H groups in total. The first-order valence-corrected chi connectivity index (χ1v) is 2.78. The molecule has 3 heteroatoms. The van der Waals surface area contributed by atoms with Crippen LogP contribution in [0.3, 0.4) is 0 Å². The molecule has 0 aliphatic carbocycles. The Balaban J connectivity index is 2.32. The first kappa shape index (κ1) is 5.72. The highest BCUT2D eigenvalue weighted by molar-refractivity contribution is 5.83. The third-order valence-electron chi connectivity index (χ3n) is 1.35. The molecule has 0 aromatic heterocycles. The van der Waals surface area contributed by atoms with Crippen molar-refractivity contribution in [3.05, 3.63) is 0 Å². The van der Waals surface area contributed by atoms with Crippen LogP contribution in [0.5, 0.6) is 0 Å². The molecule has 0 aromatic carbocycles. The van der Waals surface area contributed by atoms with E-state index in [-0.39, 0.29) is 11.8 Å². The Labute approximate surface area is 48.2 Å². The van der Waals surface area contributed by atoms with Crippen LogP contribution in [0.25, 0.3) is 0 Å². The van der Waals surface area contributed by atoms with Crippen LogP contribution in [0.15, 0.2) is 0 Å². The van der Waals surface area contributed by atoms with E-state index in [1.165, 1.54) is 0 Å². The lowest BCUT2D eigenvalue weighted by molar-refractivity contribution is -0.116. The fourth-order valence-electron chi connectivity index (χ4n) is 0.844. The fraction of sp³-hybridized carbons (Fsp3) is 0.800. The molecule has 3 nitrogen and oxygen atoms in total. The van der Waals surface area contributed by atoms with Crippen molar-refractivity contribution in [3.8, 4) is 0 Å². The number of nitrogens with two attached hydrogens (primary N) is 1. The van der Waals surface area contributed by atoms with E-state index < -0.39 is 0 Å². The van der Waals surface area contributed by atoms with Crippen LogP contribution in [0.2, 0.25) is 0 Å². The summed E-state index contributed by atoms with van der Waals surface area (Å²) in [5.74, 6) is 0.278. The zero-order valence-corrected chi connectivity index (χ0v) is 4.68. The van der Waals surface area contributed by atoms with Crippen molar-refractivity contribution >= 4 is 5.78 Å². The summed E-state index contributed by atoms with van der Waals surface area (Å²) < 4.78 is 0. The Morgan fingerprint density at radius 3 is 2.88 bits per heavy atom. The van der Waals surface area contributed by atoms with E-state index in [1.807, 2.05) is 0 Å². The Bertz CT molecular complexity index is 103. The second kappa shape index (κ2) is 2.24. The molecule has 0 aromatic rings. The van der Waals surface area contributed by atoms with Crippen molar-refractivity contribution in [1.29, 1.82) is 0 Å². The minimum Gasteiger partial charge on any atom is -0.329 e. The standard InChI is InChI=1S/C5H10N2O/c6-2-4-1-5(8)3-7-4/h4,7H,1-3,6H2. The van der Waals surface area contributed by atoms with Crippen molar-refractivity contribution in [2.24, 2.45) is 5.73 Å². The van der Waals surface area contributed by atoms with Gasteiger partial charge >= 0.3 is 0 Å². The van der Waals surface area contributed by atoms with Gasteiger partial charge in [0.1, 0.15) is 5.78 Å². The van der Waals surface area contributed by atoms with E-state index in [0.717, 1.165) is 0 Å². The SMILES string of the molecule is NCC1CC(=O)CN1. The summed E-state index contributed by atoms with van der Waals surface area (Å²) in [6.45, 7) is 1.09. The third-order valence-corrected chi connectivity index (χ3v) is 1.35. The third kappa shape index (κ3) is 1.05. The van der Waals surface area contributed by atoms with Crippen LogP contribution in [0, 0.1) is 0 Å². The van der Waals surface area contributed by atoms with E-state index in [4.69, 9.17) is 5.73 Å². The fourth-order valence-corrected chi connectivity index (χ4v) is 0.844. The van der Waals surface area contributed by atoms with Crippen molar-refractivity contribution in [2.75, 3.05) is 13.1 Å². The van der Waals surface area contributed by atoms with E-state index in [0.29, 0.717) is 19.5 Å². The zero-order chi connectivity index (χ0) is 5.98. The summed E-state index contributed by atoms with van der Waals surface area (Å²) in [6, 6.07) is 0.252. The molecule has 46 valence electrons. The van der Waals surface area contributed by atoms with Gasteiger partial charge < -0.3 is 11.1 Å². The summed E-state index contributed by atoms with van der Waals surface area (Å²) in [5, 5.41) is 2.98. The van der Waals surface area contributed by atoms with Crippen LogP contribution in [0.1, 0.15) is 6.42 Å². The number of carbonyl (C=O) groups is 1. The number of nitrogens with one attached hydrogen (secondary N) is 1. The zero-order valence-electron chi connectivity index (χ0n) is 4.68. The summed E-state index contributed by atoms with van der Waals surface area (Å²) in [6.07, 6.45) is 0.622. The molecular formula is C5H10N2O. The van der Waals surface area contributed by atoms with Crippen molar-refractivity contribution in [2.45, 2.75) is 12.5 Å². The minimum absolute atomic E-state index is 0.252. The van der Waals surface area contributed by atoms with Crippen LogP contribution in [-0.2, 0) is 4.79 Å². The molecule has 1 unspecified atom stereocenters. The normalized spacial score (nSPS) is 29.1. The second-order valence-electron chi connectivity index (χ2n) is 2.06. The van der Waals surface area contributed by atoms with Crippen LogP contribution in [0.4, 0.5) is 0 Å². The Morgan fingerprint density at radius 2 is 2.62 bits per heavy atom. The lowest BCUT2D eigenvalue weighted by Gasteiger charge is -2.01. The number of hydrogen-bond donors (Lipinski definition) is 2. The number of hydrogen-bond acceptors (Lipinski definition) is 3. The van der Waals surface area contributed by atoms with Gasteiger partial charge in [-0.3, -0.25) is 4.79 Å². The number of Topliss-reactive ketones (excluding diaryl/α,β-unsaturated/α-hetero) is 1. The highest BCUT2D eigenvalue weighted by Crippen LogP contribution is 1.97. The molecule has 0 spiro atoms. The number of rotatable bonds is 1. The molecule has 1 aliphatic heterocycles. The molecule has 0 bridgehead atoms. The van der Waals surface area contributed by atoms with E-state index >= 15 is 0 Å². The molecular weight excluding hydrogens is 104 g/mol. The highest BCUT2D eigenvalue weighted by atomic mass is 16.1. The molecule has 1 rings (SSSR count). The summed E-state index contributed by atoms with van der Waals surface area (Å²) in [5.41, 5.74) is 5.28. The molecule has 1 saturated heterocycles. The lowest BCUT2D eigenvalue weighted by Crippen LogP contribution is -2.29. The van der Waals surface area contributed by atoms with Crippen LogP contribution < -0.4 is 11.1 Å². The van der Waals surface area contributed by atoms with E-state index in [9.17, 15) is 4.79 Å². The second-order valence-corrected chi connectivity index (χ2v) is 2.06. The molecule has 1 atom stereocenters. The van der Waals surface area contributed by atoms with Crippen LogP contribution >= 0.6 is 0 Å². The van der Waals surface area contributed by atoms with Gasteiger partial charge in [0, 0.05) is 19.0 Å². The van der Waals surface area contributed by atoms with Crippen molar-refractivity contribution in [3.63, 3.8) is 0 Å². The molecule has 0 radical (unpaired) electrons. The average molecular weight is 114 g/mol. The van der Waals surface area contributed by atoms with Gasteiger partial charge in [-0.15, -0.1) is 0 Å². The Kier molecular flexibility index (Phi) is 1.60. The first-order valence-electron chi connectivity index (χ1n) is 2.78. The van der Waals surface area contributed by atoms with Crippen molar-refractivity contribution < 1.29 is 4.79 Å². The van der Waals surface area contributed by atoms with Gasteiger partial charge in [0.15, 0.2) is 0 Å². The van der Waals surface area contributed by atoms with Gasteiger partial charge in [-0.05, 0) is 0 Å². The van der Waals surface area contributed by atoms with Gasteiger partial charge in [-0.1, -0.05) is 0 Å². The molecule has 0 saturated carbocycles. The average Bonchev–Trinajstić information content (AvgIpc) is 2.14. The predicted molar refractivity (Wildman–Crippen MR) is 30.5 cm³/mol. The quantitative estimate of drug-likeness (QED) is 0.454. The van der Waals surface area contributed by atoms with E-state index in [2.05, 4.69) is 5.32 Å². The van der Waals surface area contributed by atoms with Crippen molar-refractivity contribution in [1.82, 2.24) is 5.32 Å². The van der Waals surface area contributed by atoms with Gasteiger partial charge in [0.2, 0.25) is 0 Å². The smallest absolute Gasteiger partial charge is 0.148 e. The molecule has 1 heterocycles. The van der Waals surface area contributed by atoms with Gasteiger partial charge in [-0.2, -0.15) is 0 Å². The summed E-state index contributed by atoms with van der Waals surface area (Å²) in [7, 11) is 0. The maximum Gasteiger partial charge on any atom is 0.148 e.